The third-order valence-electron chi connectivity index (χ3n) is 1.90. The number of aliphatic hydroxyl groups excluding tert-OH is 1. The number of nitrogens with zero attached hydrogens (tertiary/aromatic N) is 1. The second-order valence-electron chi connectivity index (χ2n) is 2.91. The molecule has 1 unspecified atom stereocenters. The molecule has 0 amide bonds. The van der Waals surface area contributed by atoms with Gasteiger partial charge in [0.15, 0.2) is 11.5 Å². The highest BCUT2D eigenvalue weighted by atomic mass is 16.5. The second kappa shape index (κ2) is 3.99. The normalized spacial score (nSPS) is 11.9. The van der Waals surface area contributed by atoms with Crippen LogP contribution >= 0.6 is 0 Å². The number of benzene rings is 1. The lowest BCUT2D eigenvalue weighted by atomic mass is 10.1. The molecule has 0 radical (unpaired) electrons. The van der Waals surface area contributed by atoms with Gasteiger partial charge in [-0.15, -0.1) is 0 Å². The van der Waals surface area contributed by atoms with Crippen molar-refractivity contribution in [3.8, 4) is 17.6 Å². The summed E-state index contributed by atoms with van der Waals surface area (Å²) in [4.78, 5) is 0. The van der Waals surface area contributed by atoms with Gasteiger partial charge in [0.2, 0.25) is 0 Å². The van der Waals surface area contributed by atoms with Crippen molar-refractivity contribution < 1.29 is 14.9 Å². The molecule has 1 atom stereocenters. The molecule has 0 aromatic heterocycles. The van der Waals surface area contributed by atoms with E-state index in [-0.39, 0.29) is 17.1 Å². The van der Waals surface area contributed by atoms with Crippen LogP contribution < -0.4 is 4.74 Å². The highest BCUT2D eigenvalue weighted by Gasteiger charge is 2.12. The van der Waals surface area contributed by atoms with Crippen LogP contribution in [0.25, 0.3) is 0 Å². The number of aliphatic hydroxyl groups is 1. The Bertz CT molecular complexity index is 380. The van der Waals surface area contributed by atoms with Gasteiger partial charge in [-0.25, -0.2) is 0 Å². The van der Waals surface area contributed by atoms with E-state index in [1.54, 1.807) is 6.92 Å². The Morgan fingerprint density at radius 1 is 1.50 bits per heavy atom. The summed E-state index contributed by atoms with van der Waals surface area (Å²) in [5, 5.41) is 27.5. The van der Waals surface area contributed by atoms with Crippen LogP contribution in [-0.2, 0) is 0 Å². The van der Waals surface area contributed by atoms with Crippen molar-refractivity contribution in [3.63, 3.8) is 0 Å². The van der Waals surface area contributed by atoms with E-state index >= 15 is 0 Å². The predicted octanol–water partition coefficient (Wildman–Crippen LogP) is 1.33. The lowest BCUT2D eigenvalue weighted by Gasteiger charge is -2.09. The maximum atomic E-state index is 9.46. The van der Waals surface area contributed by atoms with Crippen LogP contribution in [0, 0.1) is 11.3 Å². The molecule has 0 aliphatic carbocycles. The fourth-order valence-corrected chi connectivity index (χ4v) is 1.17. The molecule has 0 fully saturated rings. The van der Waals surface area contributed by atoms with Crippen molar-refractivity contribution in [2.24, 2.45) is 0 Å². The number of hydrogen-bond acceptors (Lipinski definition) is 4. The van der Waals surface area contributed by atoms with Crippen LogP contribution in [0.5, 0.6) is 11.5 Å². The van der Waals surface area contributed by atoms with Crippen molar-refractivity contribution in [1.29, 1.82) is 5.26 Å². The zero-order valence-electron chi connectivity index (χ0n) is 7.98. The van der Waals surface area contributed by atoms with Crippen molar-refractivity contribution in [1.82, 2.24) is 0 Å². The monoisotopic (exact) mass is 193 g/mol. The molecule has 0 aliphatic heterocycles. The Morgan fingerprint density at radius 3 is 2.57 bits per heavy atom. The average molecular weight is 193 g/mol. The third kappa shape index (κ3) is 1.78. The summed E-state index contributed by atoms with van der Waals surface area (Å²) < 4.78 is 4.85. The van der Waals surface area contributed by atoms with Gasteiger partial charge in [0.1, 0.15) is 6.07 Å². The van der Waals surface area contributed by atoms with Gasteiger partial charge in [0.05, 0.1) is 18.8 Å². The molecular formula is C10H11NO3. The van der Waals surface area contributed by atoms with E-state index in [1.807, 2.05) is 6.07 Å². The first-order chi connectivity index (χ1) is 6.60. The fraction of sp³-hybridized carbons (Fsp3) is 0.300. The van der Waals surface area contributed by atoms with E-state index in [4.69, 9.17) is 10.00 Å². The van der Waals surface area contributed by atoms with Gasteiger partial charge < -0.3 is 14.9 Å². The lowest BCUT2D eigenvalue weighted by molar-refractivity contribution is 0.198. The van der Waals surface area contributed by atoms with Crippen molar-refractivity contribution in [2.75, 3.05) is 7.11 Å². The zero-order valence-corrected chi connectivity index (χ0v) is 7.98. The van der Waals surface area contributed by atoms with Crippen LogP contribution in [0.15, 0.2) is 12.1 Å². The molecule has 1 rings (SSSR count). The Balaban J connectivity index is 3.33. The van der Waals surface area contributed by atoms with Crippen LogP contribution in [0.2, 0.25) is 0 Å². The second-order valence-corrected chi connectivity index (χ2v) is 2.91. The third-order valence-corrected chi connectivity index (χ3v) is 1.90. The predicted molar refractivity (Wildman–Crippen MR) is 50.0 cm³/mol. The summed E-state index contributed by atoms with van der Waals surface area (Å²) in [5.41, 5.74) is 0.697. The molecule has 0 heterocycles. The molecule has 2 N–H and O–H groups in total. The fourth-order valence-electron chi connectivity index (χ4n) is 1.17. The first kappa shape index (κ1) is 10.4. The average Bonchev–Trinajstić information content (AvgIpc) is 2.16. The number of nitriles is 1. The number of hydrogen-bond donors (Lipinski definition) is 2. The summed E-state index contributed by atoms with van der Waals surface area (Å²) in [6.45, 7) is 1.56. The molecular weight excluding hydrogens is 182 g/mol. The van der Waals surface area contributed by atoms with Gasteiger partial charge in [-0.2, -0.15) is 5.26 Å². The number of aromatic hydroxyl groups is 1. The number of rotatable bonds is 2. The Labute approximate surface area is 82.0 Å². The summed E-state index contributed by atoms with van der Waals surface area (Å²) >= 11 is 0. The van der Waals surface area contributed by atoms with Crippen LogP contribution in [0.3, 0.4) is 0 Å². The number of ether oxygens (including phenoxy) is 1. The number of methoxy groups -OCH3 is 1. The molecule has 14 heavy (non-hydrogen) atoms. The zero-order chi connectivity index (χ0) is 10.7. The van der Waals surface area contributed by atoms with Gasteiger partial charge in [0.25, 0.3) is 0 Å². The highest BCUT2D eigenvalue weighted by Crippen LogP contribution is 2.32. The van der Waals surface area contributed by atoms with Gasteiger partial charge in [0, 0.05) is 0 Å². The lowest BCUT2D eigenvalue weighted by Crippen LogP contribution is -1.95. The van der Waals surface area contributed by atoms with Crippen molar-refractivity contribution >= 4 is 0 Å². The van der Waals surface area contributed by atoms with Gasteiger partial charge >= 0.3 is 0 Å². The largest absolute Gasteiger partial charge is 0.504 e. The van der Waals surface area contributed by atoms with Gasteiger partial charge in [-0.1, -0.05) is 0 Å². The number of phenolic OH excluding ortho intramolecular Hbond substituents is 1. The highest BCUT2D eigenvalue weighted by molar-refractivity contribution is 5.54. The van der Waals surface area contributed by atoms with Crippen LogP contribution in [-0.4, -0.2) is 17.3 Å². The smallest absolute Gasteiger partial charge is 0.178 e. The Hall–Kier alpha value is -1.73. The topological polar surface area (TPSA) is 73.5 Å². The van der Waals surface area contributed by atoms with E-state index in [2.05, 4.69) is 0 Å². The maximum absolute atomic E-state index is 9.46. The van der Waals surface area contributed by atoms with E-state index in [1.165, 1.54) is 19.2 Å². The minimum atomic E-state index is -0.723. The Kier molecular flexibility index (Phi) is 2.95. The SMILES string of the molecule is COc1c(O)cc(C(C)O)cc1C#N. The molecule has 1 aromatic carbocycles. The summed E-state index contributed by atoms with van der Waals surface area (Å²) in [6, 6.07) is 4.76. The first-order valence-electron chi connectivity index (χ1n) is 4.09. The molecule has 4 heteroatoms. The molecule has 0 bridgehead atoms. The molecule has 0 aliphatic rings. The summed E-state index contributed by atoms with van der Waals surface area (Å²) in [6.07, 6.45) is -0.723. The van der Waals surface area contributed by atoms with Crippen molar-refractivity contribution in [3.05, 3.63) is 23.3 Å². The molecule has 0 saturated carbocycles. The molecule has 0 saturated heterocycles. The van der Waals surface area contributed by atoms with Gasteiger partial charge in [-0.3, -0.25) is 0 Å². The van der Waals surface area contributed by atoms with E-state index in [0.29, 0.717) is 5.56 Å². The molecule has 1 aromatic rings. The summed E-state index contributed by atoms with van der Waals surface area (Å²) in [7, 11) is 1.37. The standard InChI is InChI=1S/C10H11NO3/c1-6(12)7-3-8(5-11)10(14-2)9(13)4-7/h3-4,6,12-13H,1-2H3. The Morgan fingerprint density at radius 2 is 2.14 bits per heavy atom. The van der Waals surface area contributed by atoms with Gasteiger partial charge in [-0.05, 0) is 24.6 Å². The minimum absolute atomic E-state index is 0.136. The van der Waals surface area contributed by atoms with E-state index in [9.17, 15) is 10.2 Å². The molecule has 4 nitrogen and oxygen atoms in total. The van der Waals surface area contributed by atoms with Crippen LogP contribution in [0.1, 0.15) is 24.2 Å². The van der Waals surface area contributed by atoms with Crippen molar-refractivity contribution in [2.45, 2.75) is 13.0 Å². The van der Waals surface area contributed by atoms with E-state index in [0.717, 1.165) is 0 Å². The van der Waals surface area contributed by atoms with E-state index < -0.39 is 6.10 Å². The maximum Gasteiger partial charge on any atom is 0.178 e. The van der Waals surface area contributed by atoms with Crippen LogP contribution in [0.4, 0.5) is 0 Å². The minimum Gasteiger partial charge on any atom is -0.504 e. The summed E-state index contributed by atoms with van der Waals surface area (Å²) in [5.74, 6) is -0.000602. The quantitative estimate of drug-likeness (QED) is 0.743. The number of phenols is 1. The molecule has 0 spiro atoms. The first-order valence-corrected chi connectivity index (χ1v) is 4.09. The molecule has 74 valence electrons.